The van der Waals surface area contributed by atoms with Crippen molar-refractivity contribution in [3.63, 3.8) is 0 Å². The van der Waals surface area contributed by atoms with Crippen LogP contribution in [-0.2, 0) is 16.2 Å². The first kappa shape index (κ1) is 22.6. The first-order valence-electron chi connectivity index (χ1n) is 9.29. The fraction of sp³-hybridized carbons (Fsp3) is 0.190. The van der Waals surface area contributed by atoms with E-state index in [4.69, 9.17) is 9.88 Å². The van der Waals surface area contributed by atoms with Crippen LogP contribution in [0, 0.1) is 0 Å². The lowest BCUT2D eigenvalue weighted by molar-refractivity contribution is -0.140. The molecule has 1 heterocycles. The van der Waals surface area contributed by atoms with E-state index >= 15 is 0 Å². The molecule has 6 nitrogen and oxygen atoms in total. The molecule has 0 amide bonds. The van der Waals surface area contributed by atoms with Crippen molar-refractivity contribution in [2.75, 3.05) is 7.11 Å². The molecule has 0 aliphatic heterocycles. The van der Waals surface area contributed by atoms with E-state index < -0.39 is 21.9 Å². The average molecular weight is 451 g/mol. The lowest BCUT2D eigenvalue weighted by atomic mass is 10.1. The van der Waals surface area contributed by atoms with Gasteiger partial charge in [-0.1, -0.05) is 19.9 Å². The lowest BCUT2D eigenvalue weighted by Gasteiger charge is -2.08. The summed E-state index contributed by atoms with van der Waals surface area (Å²) in [5, 5.41) is 10.0. The van der Waals surface area contributed by atoms with Crippen LogP contribution in [-0.4, -0.2) is 25.3 Å². The van der Waals surface area contributed by atoms with E-state index in [1.807, 2.05) is 13.8 Å². The van der Waals surface area contributed by atoms with Crippen molar-refractivity contribution in [1.82, 2.24) is 9.78 Å². The summed E-state index contributed by atoms with van der Waals surface area (Å²) in [6, 6.07) is 13.1. The maximum Gasteiger partial charge on any atom is 0.435 e. The molecule has 0 radical (unpaired) electrons. The third kappa shape index (κ3) is 4.21. The van der Waals surface area contributed by atoms with Gasteiger partial charge in [0.2, 0.25) is 10.0 Å². The third-order valence-corrected chi connectivity index (χ3v) is 5.47. The number of hydrogen-bond acceptors (Lipinski definition) is 4. The zero-order valence-electron chi connectivity index (χ0n) is 16.9. The van der Waals surface area contributed by atoms with Gasteiger partial charge in [0.25, 0.3) is 0 Å². The number of fused-ring (bicyclic) bond motifs is 3. The molecule has 0 atom stereocenters. The molecule has 1 aromatic heterocycles. The van der Waals surface area contributed by atoms with Gasteiger partial charge >= 0.3 is 6.18 Å². The number of alkyl halides is 3. The monoisotopic (exact) mass is 451 g/mol. The van der Waals surface area contributed by atoms with E-state index in [9.17, 15) is 21.6 Å². The second-order valence-electron chi connectivity index (χ2n) is 6.35. The largest absolute Gasteiger partial charge is 0.497 e. The second kappa shape index (κ2) is 8.20. The quantitative estimate of drug-likeness (QED) is 0.481. The molecule has 4 aromatic rings. The summed E-state index contributed by atoms with van der Waals surface area (Å²) < 4.78 is 70.0. The molecule has 31 heavy (non-hydrogen) atoms. The molecular weight excluding hydrogens is 431 g/mol. The van der Waals surface area contributed by atoms with Crippen molar-refractivity contribution in [3.05, 3.63) is 60.3 Å². The van der Waals surface area contributed by atoms with E-state index in [-0.39, 0.29) is 21.5 Å². The van der Waals surface area contributed by atoms with Crippen LogP contribution in [0.4, 0.5) is 13.2 Å². The topological polar surface area (TPSA) is 87.2 Å². The van der Waals surface area contributed by atoms with E-state index in [1.165, 1.54) is 37.4 Å². The number of ether oxygens (including phenoxy) is 1. The molecule has 0 bridgehead atoms. The van der Waals surface area contributed by atoms with Gasteiger partial charge in [0.1, 0.15) is 5.75 Å². The zero-order chi connectivity index (χ0) is 23.0. The molecule has 2 N–H and O–H groups in total. The van der Waals surface area contributed by atoms with Crippen LogP contribution in [0.15, 0.2) is 59.5 Å². The number of rotatable bonds is 3. The number of methoxy groups -OCH3 is 1. The summed E-state index contributed by atoms with van der Waals surface area (Å²) in [7, 11) is -2.43. The van der Waals surface area contributed by atoms with Crippen LogP contribution in [0.1, 0.15) is 19.5 Å². The van der Waals surface area contributed by atoms with Crippen molar-refractivity contribution in [2.24, 2.45) is 5.14 Å². The summed E-state index contributed by atoms with van der Waals surface area (Å²) >= 11 is 0. The number of aromatic nitrogens is 2. The van der Waals surface area contributed by atoms with Gasteiger partial charge in [-0.3, -0.25) is 0 Å². The third-order valence-electron chi connectivity index (χ3n) is 4.54. The molecule has 0 aliphatic carbocycles. The van der Waals surface area contributed by atoms with Gasteiger partial charge in [-0.25, -0.2) is 18.2 Å². The minimum Gasteiger partial charge on any atom is -0.497 e. The van der Waals surface area contributed by atoms with Gasteiger partial charge < -0.3 is 4.74 Å². The number of hydrogen-bond donors (Lipinski definition) is 1. The van der Waals surface area contributed by atoms with Crippen molar-refractivity contribution >= 4 is 31.7 Å². The predicted octanol–water partition coefficient (Wildman–Crippen LogP) is 4.88. The van der Waals surface area contributed by atoms with Crippen LogP contribution >= 0.6 is 0 Å². The fourth-order valence-electron chi connectivity index (χ4n) is 3.21. The highest BCUT2D eigenvalue weighted by Crippen LogP contribution is 2.38. The number of halogens is 3. The molecule has 0 fully saturated rings. The molecule has 0 aliphatic rings. The molecule has 164 valence electrons. The second-order valence-corrected chi connectivity index (χ2v) is 7.91. The molecule has 0 unspecified atom stereocenters. The first-order chi connectivity index (χ1) is 14.6. The molecule has 4 rings (SSSR count). The Bertz CT molecular complexity index is 1350. The summed E-state index contributed by atoms with van der Waals surface area (Å²) in [6.45, 7) is 4.00. The van der Waals surface area contributed by atoms with Crippen LogP contribution < -0.4 is 9.88 Å². The fourth-order valence-corrected chi connectivity index (χ4v) is 3.73. The van der Waals surface area contributed by atoms with Crippen molar-refractivity contribution in [2.45, 2.75) is 24.9 Å². The molecule has 10 heteroatoms. The minimum atomic E-state index is -4.66. The summed E-state index contributed by atoms with van der Waals surface area (Å²) in [5.74, 6) is 0.566. The Morgan fingerprint density at radius 2 is 1.58 bits per heavy atom. The Kier molecular flexibility index (Phi) is 5.97. The van der Waals surface area contributed by atoms with E-state index in [0.29, 0.717) is 16.5 Å². The highest BCUT2D eigenvalue weighted by Gasteiger charge is 2.37. The molecule has 0 spiro atoms. The number of benzene rings is 3. The van der Waals surface area contributed by atoms with E-state index in [1.54, 1.807) is 24.3 Å². The predicted molar refractivity (Wildman–Crippen MR) is 113 cm³/mol. The number of nitrogens with zero attached hydrogens (tertiary/aromatic N) is 2. The van der Waals surface area contributed by atoms with Crippen molar-refractivity contribution in [1.29, 1.82) is 0 Å². The minimum absolute atomic E-state index is 0.0642. The van der Waals surface area contributed by atoms with E-state index in [0.717, 1.165) is 4.68 Å². The normalized spacial score (nSPS) is 12.0. The Balaban J connectivity index is 0.00000132. The Morgan fingerprint density at radius 3 is 2.13 bits per heavy atom. The standard InChI is InChI=1S/C19H14F3N3O3S.C2H6/c1-28-13-5-9-15-11(10-13)2-8-16-17(15)25(24-18(16)19(20,21)22)12-3-6-14(7-4-12)29(23,26)27;1-2/h2-10H,1H3,(H2,23,26,27);1-2H3. The zero-order valence-corrected chi connectivity index (χ0v) is 17.8. The van der Waals surface area contributed by atoms with E-state index in [2.05, 4.69) is 5.10 Å². The Labute approximate surface area is 177 Å². The highest BCUT2D eigenvalue weighted by molar-refractivity contribution is 7.89. The van der Waals surface area contributed by atoms with Gasteiger partial charge in [-0.2, -0.15) is 18.3 Å². The average Bonchev–Trinajstić information content (AvgIpc) is 3.15. The van der Waals surface area contributed by atoms with Gasteiger partial charge in [0.05, 0.1) is 23.2 Å². The Hall–Kier alpha value is -3.11. The van der Waals surface area contributed by atoms with Crippen LogP contribution in [0.3, 0.4) is 0 Å². The molecule has 0 saturated heterocycles. The first-order valence-corrected chi connectivity index (χ1v) is 10.8. The van der Waals surface area contributed by atoms with Crippen LogP contribution in [0.5, 0.6) is 5.75 Å². The smallest absolute Gasteiger partial charge is 0.435 e. The molecule has 3 aromatic carbocycles. The Morgan fingerprint density at radius 1 is 0.968 bits per heavy atom. The van der Waals surface area contributed by atoms with Crippen molar-refractivity contribution in [3.8, 4) is 11.4 Å². The summed E-state index contributed by atoms with van der Waals surface area (Å²) in [4.78, 5) is -0.150. The highest BCUT2D eigenvalue weighted by atomic mass is 32.2. The summed E-state index contributed by atoms with van der Waals surface area (Å²) in [6.07, 6.45) is -4.66. The van der Waals surface area contributed by atoms with Gasteiger partial charge in [0.15, 0.2) is 5.69 Å². The van der Waals surface area contributed by atoms with Crippen molar-refractivity contribution < 1.29 is 26.3 Å². The SMILES string of the molecule is CC.COc1ccc2c(ccc3c(C(F)(F)F)nn(-c4ccc(S(N)(=O)=O)cc4)c32)c1. The molecular formula is C21H20F3N3O3S. The number of sulfonamides is 1. The lowest BCUT2D eigenvalue weighted by Crippen LogP contribution is -2.12. The number of primary sulfonamides is 1. The van der Waals surface area contributed by atoms with Gasteiger partial charge in [-0.05, 0) is 53.9 Å². The van der Waals surface area contributed by atoms with Crippen LogP contribution in [0.25, 0.3) is 27.4 Å². The summed E-state index contributed by atoms with van der Waals surface area (Å²) in [5.41, 5.74) is -0.511. The molecule has 0 saturated carbocycles. The van der Waals surface area contributed by atoms with Gasteiger partial charge in [-0.15, -0.1) is 0 Å². The van der Waals surface area contributed by atoms with Crippen LogP contribution in [0.2, 0.25) is 0 Å². The maximum atomic E-state index is 13.6. The number of nitrogens with two attached hydrogens (primary N) is 1. The maximum absolute atomic E-state index is 13.6. The van der Waals surface area contributed by atoms with Gasteiger partial charge in [0, 0.05) is 10.8 Å².